The molecule has 1 fully saturated rings. The van der Waals surface area contributed by atoms with Crippen LogP contribution in [0.3, 0.4) is 0 Å². The van der Waals surface area contributed by atoms with Crippen LogP contribution in [0.5, 0.6) is 0 Å². The number of carbonyl (C=O) groups excluding carboxylic acids is 1. The van der Waals surface area contributed by atoms with Crippen LogP contribution in [0.15, 0.2) is 4.52 Å². The van der Waals surface area contributed by atoms with Crippen LogP contribution >= 0.6 is 0 Å². The lowest BCUT2D eigenvalue weighted by molar-refractivity contribution is -0.145. The lowest BCUT2D eigenvalue weighted by Gasteiger charge is -2.19. The van der Waals surface area contributed by atoms with Crippen molar-refractivity contribution in [2.45, 2.75) is 64.3 Å². The smallest absolute Gasteiger partial charge is 0.323 e. The molecule has 7 nitrogen and oxygen atoms in total. The number of carboxylic acid groups (broad SMARTS) is 1. The molecule has 1 aliphatic rings. The maximum Gasteiger partial charge on any atom is 0.323 e. The Bertz CT molecular complexity index is 543. The number of nitrogens with zero attached hydrogens (tertiary/aromatic N) is 3. The molecule has 22 heavy (non-hydrogen) atoms. The van der Waals surface area contributed by atoms with Gasteiger partial charge in [-0.25, -0.2) is 0 Å². The Hall–Kier alpha value is -1.92. The number of carboxylic acids is 1. The summed E-state index contributed by atoms with van der Waals surface area (Å²) in [4.78, 5) is 28.7. The third kappa shape index (κ3) is 4.54. The number of hydrogen-bond donors (Lipinski definition) is 1. The molecular weight excluding hydrogens is 286 g/mol. The van der Waals surface area contributed by atoms with E-state index in [0.29, 0.717) is 31.0 Å². The Morgan fingerprint density at radius 3 is 2.55 bits per heavy atom. The van der Waals surface area contributed by atoms with Gasteiger partial charge in [0.2, 0.25) is 11.8 Å². The van der Waals surface area contributed by atoms with Gasteiger partial charge < -0.3 is 14.5 Å². The zero-order valence-electron chi connectivity index (χ0n) is 13.3. The van der Waals surface area contributed by atoms with E-state index in [2.05, 4.69) is 10.1 Å². The Labute approximate surface area is 129 Å². The lowest BCUT2D eigenvalue weighted by Crippen LogP contribution is -2.37. The van der Waals surface area contributed by atoms with Crippen LogP contribution in [0.4, 0.5) is 0 Å². The topological polar surface area (TPSA) is 96.5 Å². The number of aromatic nitrogens is 2. The second kappa shape index (κ2) is 6.46. The van der Waals surface area contributed by atoms with Crippen molar-refractivity contribution in [3.63, 3.8) is 0 Å². The van der Waals surface area contributed by atoms with E-state index in [1.807, 2.05) is 20.8 Å². The van der Waals surface area contributed by atoms with E-state index in [0.717, 1.165) is 12.8 Å². The van der Waals surface area contributed by atoms with Gasteiger partial charge >= 0.3 is 5.97 Å². The Balaban J connectivity index is 1.81. The number of hydrogen-bond acceptors (Lipinski definition) is 5. The molecule has 122 valence electrons. The highest BCUT2D eigenvalue weighted by Gasteiger charge is 2.33. The molecule has 1 aliphatic carbocycles. The second-order valence-electron chi connectivity index (χ2n) is 6.76. The molecule has 0 atom stereocenters. The molecule has 0 radical (unpaired) electrons. The summed E-state index contributed by atoms with van der Waals surface area (Å²) in [5.41, 5.74) is -0.165. The summed E-state index contributed by atoms with van der Waals surface area (Å²) in [5, 5.41) is 12.8. The summed E-state index contributed by atoms with van der Waals surface area (Å²) in [6, 6.07) is 0.111. The van der Waals surface area contributed by atoms with Gasteiger partial charge in [-0.15, -0.1) is 0 Å². The number of carbonyl (C=O) groups is 2. The number of rotatable bonds is 7. The molecule has 1 amide bonds. The minimum Gasteiger partial charge on any atom is -0.480 e. The standard InChI is InChI=1S/C15H23N3O4/c1-15(2,3)14-16-11(22-17-14)5-4-6-12(19)18(9-13(20)21)10-7-8-10/h10H,4-9H2,1-3H3,(H,20,21). The molecule has 1 heterocycles. The van der Waals surface area contributed by atoms with E-state index in [4.69, 9.17) is 9.63 Å². The summed E-state index contributed by atoms with van der Waals surface area (Å²) in [6.45, 7) is 5.80. The fourth-order valence-electron chi connectivity index (χ4n) is 2.15. The molecule has 0 saturated heterocycles. The van der Waals surface area contributed by atoms with Gasteiger partial charge in [-0.05, 0) is 19.3 Å². The minimum atomic E-state index is -0.966. The van der Waals surface area contributed by atoms with Crippen LogP contribution in [0.2, 0.25) is 0 Å². The van der Waals surface area contributed by atoms with Gasteiger partial charge in [-0.2, -0.15) is 4.98 Å². The maximum absolute atomic E-state index is 12.1. The van der Waals surface area contributed by atoms with Gasteiger partial charge in [0.25, 0.3) is 0 Å². The number of aliphatic carboxylic acids is 1. The molecule has 0 unspecified atom stereocenters. The van der Waals surface area contributed by atoms with Crippen LogP contribution in [0, 0.1) is 0 Å². The molecule has 0 aliphatic heterocycles. The second-order valence-corrected chi connectivity index (χ2v) is 6.76. The van der Waals surface area contributed by atoms with Crippen molar-refractivity contribution in [1.82, 2.24) is 15.0 Å². The first-order valence-electron chi connectivity index (χ1n) is 7.61. The van der Waals surface area contributed by atoms with E-state index in [9.17, 15) is 9.59 Å². The number of aryl methyl sites for hydroxylation is 1. The van der Waals surface area contributed by atoms with Gasteiger partial charge in [-0.3, -0.25) is 9.59 Å². The van der Waals surface area contributed by atoms with Crippen LogP contribution < -0.4 is 0 Å². The Morgan fingerprint density at radius 1 is 1.36 bits per heavy atom. The third-order valence-electron chi connectivity index (χ3n) is 3.53. The summed E-state index contributed by atoms with van der Waals surface area (Å²) >= 11 is 0. The molecule has 2 rings (SSSR count). The number of amides is 1. The monoisotopic (exact) mass is 309 g/mol. The average molecular weight is 309 g/mol. The van der Waals surface area contributed by atoms with Gasteiger partial charge in [-0.1, -0.05) is 25.9 Å². The predicted molar refractivity (Wildman–Crippen MR) is 78.3 cm³/mol. The summed E-state index contributed by atoms with van der Waals surface area (Å²) < 4.78 is 5.18. The van der Waals surface area contributed by atoms with Gasteiger partial charge in [0, 0.05) is 24.3 Å². The van der Waals surface area contributed by atoms with Crippen molar-refractivity contribution in [2.75, 3.05) is 6.54 Å². The highest BCUT2D eigenvalue weighted by Crippen LogP contribution is 2.27. The molecule has 7 heteroatoms. The highest BCUT2D eigenvalue weighted by molar-refractivity contribution is 5.81. The average Bonchev–Trinajstić information content (AvgIpc) is 3.12. The first kappa shape index (κ1) is 16.5. The minimum absolute atomic E-state index is 0.111. The lowest BCUT2D eigenvalue weighted by atomic mass is 9.96. The Morgan fingerprint density at radius 2 is 2.05 bits per heavy atom. The fraction of sp³-hybridized carbons (Fsp3) is 0.733. The van der Waals surface area contributed by atoms with Gasteiger partial charge in [0.15, 0.2) is 5.82 Å². The van der Waals surface area contributed by atoms with Crippen molar-refractivity contribution in [1.29, 1.82) is 0 Å². The van der Waals surface area contributed by atoms with Gasteiger partial charge in [0.1, 0.15) is 6.54 Å². The SMILES string of the molecule is CC(C)(C)c1noc(CCCC(=O)N(CC(=O)O)C2CC2)n1. The van der Waals surface area contributed by atoms with Crippen molar-refractivity contribution in [3.8, 4) is 0 Å². The predicted octanol–water partition coefficient (Wildman–Crippen LogP) is 1.77. The molecule has 1 aromatic rings. The zero-order valence-corrected chi connectivity index (χ0v) is 13.3. The van der Waals surface area contributed by atoms with Crippen LogP contribution in [-0.4, -0.2) is 44.6 Å². The van der Waals surface area contributed by atoms with Crippen molar-refractivity contribution in [2.24, 2.45) is 0 Å². The van der Waals surface area contributed by atoms with Gasteiger partial charge in [0.05, 0.1) is 0 Å². The molecule has 1 N–H and O–H groups in total. The molecule has 1 saturated carbocycles. The largest absolute Gasteiger partial charge is 0.480 e. The van der Waals surface area contributed by atoms with E-state index in [-0.39, 0.29) is 23.9 Å². The van der Waals surface area contributed by atoms with Crippen molar-refractivity contribution in [3.05, 3.63) is 11.7 Å². The molecule has 0 aromatic carbocycles. The quantitative estimate of drug-likeness (QED) is 0.824. The zero-order chi connectivity index (χ0) is 16.3. The molecule has 0 bridgehead atoms. The summed E-state index contributed by atoms with van der Waals surface area (Å²) in [7, 11) is 0. The van der Waals surface area contributed by atoms with E-state index in [1.54, 1.807) is 0 Å². The third-order valence-corrected chi connectivity index (χ3v) is 3.53. The fourth-order valence-corrected chi connectivity index (χ4v) is 2.15. The highest BCUT2D eigenvalue weighted by atomic mass is 16.5. The first-order chi connectivity index (χ1) is 10.3. The normalized spacial score (nSPS) is 14.9. The van der Waals surface area contributed by atoms with Crippen molar-refractivity contribution >= 4 is 11.9 Å². The summed E-state index contributed by atoms with van der Waals surface area (Å²) in [5.74, 6) is 0.0978. The van der Waals surface area contributed by atoms with Crippen LogP contribution in [-0.2, 0) is 21.4 Å². The molecule has 1 aromatic heterocycles. The Kier molecular flexibility index (Phi) is 4.83. The first-order valence-corrected chi connectivity index (χ1v) is 7.61. The summed E-state index contributed by atoms with van der Waals surface area (Å²) in [6.07, 6.45) is 3.21. The molecule has 0 spiro atoms. The molecular formula is C15H23N3O4. The van der Waals surface area contributed by atoms with Crippen LogP contribution in [0.1, 0.15) is 58.2 Å². The van der Waals surface area contributed by atoms with E-state index in [1.165, 1.54) is 4.90 Å². The van der Waals surface area contributed by atoms with E-state index >= 15 is 0 Å². The van der Waals surface area contributed by atoms with Crippen LogP contribution in [0.25, 0.3) is 0 Å². The van der Waals surface area contributed by atoms with Crippen molar-refractivity contribution < 1.29 is 19.2 Å². The van der Waals surface area contributed by atoms with E-state index < -0.39 is 5.97 Å². The maximum atomic E-state index is 12.1.